The molecule has 0 fully saturated rings. The Bertz CT molecular complexity index is 892. The summed E-state index contributed by atoms with van der Waals surface area (Å²) < 4.78 is 1.67. The summed E-state index contributed by atoms with van der Waals surface area (Å²) in [6.07, 6.45) is 5.32. The molecule has 3 aromatic rings. The van der Waals surface area contributed by atoms with E-state index in [-0.39, 0.29) is 5.91 Å². The first kappa shape index (κ1) is 18.5. The SMILES string of the molecule is CCN(CC)Cc1cnc2c(C(=O)NCc3nc(C)c(C)s3)cnn2c1. The number of fused-ring (bicyclic) bond motifs is 1. The maximum absolute atomic E-state index is 12.5. The molecule has 7 nitrogen and oxygen atoms in total. The van der Waals surface area contributed by atoms with E-state index in [1.54, 1.807) is 22.0 Å². The summed E-state index contributed by atoms with van der Waals surface area (Å²) in [5.41, 5.74) is 3.13. The summed E-state index contributed by atoms with van der Waals surface area (Å²) in [5, 5.41) is 8.10. The number of thiazole rings is 1. The zero-order chi connectivity index (χ0) is 18.7. The maximum atomic E-state index is 12.5. The molecular formula is C18H24N6OS. The van der Waals surface area contributed by atoms with E-state index in [0.717, 1.165) is 35.9 Å². The molecule has 8 heteroatoms. The molecule has 0 spiro atoms. The monoisotopic (exact) mass is 372 g/mol. The third-order valence-corrected chi connectivity index (χ3v) is 5.50. The average molecular weight is 372 g/mol. The van der Waals surface area contributed by atoms with Crippen LogP contribution in [0.2, 0.25) is 0 Å². The average Bonchev–Trinajstić information content (AvgIpc) is 3.20. The van der Waals surface area contributed by atoms with Crippen LogP contribution in [0.3, 0.4) is 0 Å². The minimum atomic E-state index is -0.186. The molecular weight excluding hydrogens is 348 g/mol. The molecule has 26 heavy (non-hydrogen) atoms. The predicted octanol–water partition coefficient (Wildman–Crippen LogP) is 2.57. The zero-order valence-corrected chi connectivity index (χ0v) is 16.4. The molecule has 0 saturated heterocycles. The third kappa shape index (κ3) is 3.91. The van der Waals surface area contributed by atoms with Gasteiger partial charge in [-0.15, -0.1) is 11.3 Å². The van der Waals surface area contributed by atoms with Crippen molar-refractivity contribution in [3.05, 3.63) is 45.3 Å². The summed E-state index contributed by atoms with van der Waals surface area (Å²) in [6.45, 7) is 11.5. The van der Waals surface area contributed by atoms with Crippen molar-refractivity contribution in [1.82, 2.24) is 29.8 Å². The van der Waals surface area contributed by atoms with Crippen molar-refractivity contribution in [2.75, 3.05) is 13.1 Å². The first-order chi connectivity index (χ1) is 12.5. The van der Waals surface area contributed by atoms with Gasteiger partial charge in [0.05, 0.1) is 18.4 Å². The van der Waals surface area contributed by atoms with Crippen LogP contribution in [0.15, 0.2) is 18.6 Å². The lowest BCUT2D eigenvalue weighted by Gasteiger charge is -2.17. The van der Waals surface area contributed by atoms with Gasteiger partial charge < -0.3 is 5.32 Å². The molecule has 3 rings (SSSR count). The molecule has 0 aromatic carbocycles. The van der Waals surface area contributed by atoms with E-state index >= 15 is 0 Å². The van der Waals surface area contributed by atoms with Gasteiger partial charge in [0.1, 0.15) is 10.6 Å². The Morgan fingerprint density at radius 2 is 2.04 bits per heavy atom. The van der Waals surface area contributed by atoms with Crippen molar-refractivity contribution >= 4 is 22.9 Å². The molecule has 0 saturated carbocycles. The zero-order valence-electron chi connectivity index (χ0n) is 15.6. The topological polar surface area (TPSA) is 75.4 Å². The van der Waals surface area contributed by atoms with Crippen molar-refractivity contribution in [2.24, 2.45) is 0 Å². The summed E-state index contributed by atoms with van der Waals surface area (Å²) in [6, 6.07) is 0. The highest BCUT2D eigenvalue weighted by atomic mass is 32.1. The number of hydrogen-bond donors (Lipinski definition) is 1. The van der Waals surface area contributed by atoms with E-state index in [4.69, 9.17) is 0 Å². The second-order valence-electron chi connectivity index (χ2n) is 6.18. The normalized spacial score (nSPS) is 11.4. The van der Waals surface area contributed by atoms with Crippen molar-refractivity contribution in [3.8, 4) is 0 Å². The van der Waals surface area contributed by atoms with E-state index in [9.17, 15) is 4.79 Å². The molecule has 0 atom stereocenters. The second kappa shape index (κ2) is 7.92. The van der Waals surface area contributed by atoms with Crippen LogP contribution >= 0.6 is 11.3 Å². The van der Waals surface area contributed by atoms with Gasteiger partial charge in [-0.1, -0.05) is 13.8 Å². The number of hydrogen-bond acceptors (Lipinski definition) is 6. The van der Waals surface area contributed by atoms with Crippen LogP contribution in [-0.2, 0) is 13.1 Å². The number of carbonyl (C=O) groups excluding carboxylic acids is 1. The number of rotatable bonds is 7. The van der Waals surface area contributed by atoms with Crippen LogP contribution in [0.4, 0.5) is 0 Å². The van der Waals surface area contributed by atoms with Gasteiger partial charge in [-0.2, -0.15) is 5.10 Å². The van der Waals surface area contributed by atoms with Crippen LogP contribution in [0.1, 0.15) is 45.3 Å². The van der Waals surface area contributed by atoms with Gasteiger partial charge in [-0.05, 0) is 26.9 Å². The molecule has 1 amide bonds. The summed E-state index contributed by atoms with van der Waals surface area (Å²) in [7, 11) is 0. The van der Waals surface area contributed by atoms with Gasteiger partial charge >= 0.3 is 0 Å². The second-order valence-corrected chi connectivity index (χ2v) is 7.47. The number of aromatic nitrogens is 4. The Morgan fingerprint density at radius 3 is 2.69 bits per heavy atom. The Balaban J connectivity index is 1.72. The molecule has 0 radical (unpaired) electrons. The van der Waals surface area contributed by atoms with Gasteiger partial charge in [0.2, 0.25) is 0 Å². The largest absolute Gasteiger partial charge is 0.345 e. The third-order valence-electron chi connectivity index (χ3n) is 4.43. The summed E-state index contributed by atoms with van der Waals surface area (Å²) >= 11 is 1.60. The molecule has 0 aliphatic rings. The van der Waals surface area contributed by atoms with Crippen LogP contribution < -0.4 is 5.32 Å². The Morgan fingerprint density at radius 1 is 1.27 bits per heavy atom. The van der Waals surface area contributed by atoms with E-state index in [1.807, 2.05) is 26.2 Å². The van der Waals surface area contributed by atoms with Crippen LogP contribution in [-0.4, -0.2) is 43.5 Å². The molecule has 0 unspecified atom stereocenters. The van der Waals surface area contributed by atoms with Crippen molar-refractivity contribution in [3.63, 3.8) is 0 Å². The lowest BCUT2D eigenvalue weighted by molar-refractivity contribution is 0.0952. The molecule has 0 aliphatic carbocycles. The molecule has 0 bridgehead atoms. The minimum Gasteiger partial charge on any atom is -0.345 e. The number of nitrogens with one attached hydrogen (secondary N) is 1. The van der Waals surface area contributed by atoms with Crippen LogP contribution in [0.5, 0.6) is 0 Å². The van der Waals surface area contributed by atoms with Gasteiger partial charge in [-0.3, -0.25) is 9.69 Å². The highest BCUT2D eigenvalue weighted by molar-refractivity contribution is 7.11. The van der Waals surface area contributed by atoms with Crippen LogP contribution in [0, 0.1) is 13.8 Å². The van der Waals surface area contributed by atoms with E-state index < -0.39 is 0 Å². The van der Waals surface area contributed by atoms with Gasteiger partial charge in [0.15, 0.2) is 5.65 Å². The fourth-order valence-corrected chi connectivity index (χ4v) is 3.60. The van der Waals surface area contributed by atoms with E-state index in [2.05, 4.69) is 39.1 Å². The van der Waals surface area contributed by atoms with E-state index in [0.29, 0.717) is 17.8 Å². The minimum absolute atomic E-state index is 0.186. The van der Waals surface area contributed by atoms with Crippen molar-refractivity contribution in [2.45, 2.75) is 40.8 Å². The molecule has 0 aliphatic heterocycles. The van der Waals surface area contributed by atoms with E-state index in [1.165, 1.54) is 4.88 Å². The molecule has 1 N–H and O–H groups in total. The molecule has 3 aromatic heterocycles. The maximum Gasteiger partial charge on any atom is 0.257 e. The Labute approximate surface area is 157 Å². The first-order valence-corrected chi connectivity index (χ1v) is 9.59. The Hall–Kier alpha value is -2.32. The number of carbonyl (C=O) groups is 1. The fraction of sp³-hybridized carbons (Fsp3) is 0.444. The Kier molecular flexibility index (Phi) is 5.63. The highest BCUT2D eigenvalue weighted by Crippen LogP contribution is 2.16. The highest BCUT2D eigenvalue weighted by Gasteiger charge is 2.15. The quantitative estimate of drug-likeness (QED) is 0.690. The molecule has 138 valence electrons. The smallest absolute Gasteiger partial charge is 0.257 e. The lowest BCUT2D eigenvalue weighted by atomic mass is 10.3. The predicted molar refractivity (Wildman–Crippen MR) is 102 cm³/mol. The first-order valence-electron chi connectivity index (χ1n) is 8.77. The van der Waals surface area contributed by atoms with Crippen molar-refractivity contribution < 1.29 is 4.79 Å². The lowest BCUT2D eigenvalue weighted by Crippen LogP contribution is -2.23. The molecule has 3 heterocycles. The van der Waals surface area contributed by atoms with Gasteiger partial charge in [0, 0.05) is 29.4 Å². The standard InChI is InChI=1S/C18H24N6OS/c1-5-23(6-2)10-14-7-19-17-15(8-21-24(17)11-14)18(25)20-9-16-22-12(3)13(4)26-16/h7-8,11H,5-6,9-10H2,1-4H3,(H,20,25). The number of aryl methyl sites for hydroxylation is 2. The van der Waals surface area contributed by atoms with Crippen LogP contribution in [0.25, 0.3) is 5.65 Å². The fourth-order valence-electron chi connectivity index (χ4n) is 2.73. The summed E-state index contributed by atoms with van der Waals surface area (Å²) in [5.74, 6) is -0.186. The van der Waals surface area contributed by atoms with Gasteiger partial charge in [0.25, 0.3) is 5.91 Å². The van der Waals surface area contributed by atoms with Gasteiger partial charge in [-0.25, -0.2) is 14.5 Å². The van der Waals surface area contributed by atoms with Crippen molar-refractivity contribution in [1.29, 1.82) is 0 Å². The summed E-state index contributed by atoms with van der Waals surface area (Å²) in [4.78, 5) is 24.9. The number of nitrogens with zero attached hydrogens (tertiary/aromatic N) is 5. The number of amides is 1.